The van der Waals surface area contributed by atoms with Gasteiger partial charge in [0, 0.05) is 6.42 Å². The van der Waals surface area contributed by atoms with Crippen molar-refractivity contribution in [2.24, 2.45) is 17.6 Å². The number of allylic oxidation sites excluding steroid dienone is 1. The molecule has 0 aromatic carbocycles. The van der Waals surface area contributed by atoms with Crippen LogP contribution in [0.5, 0.6) is 0 Å². The van der Waals surface area contributed by atoms with E-state index in [-0.39, 0.29) is 12.3 Å². The van der Waals surface area contributed by atoms with Crippen molar-refractivity contribution < 1.29 is 9.90 Å². The SMILES string of the molecule is C=CCC[C@@H](C)C[C@H](CN)CC(=O)O. The molecule has 0 aromatic heterocycles. The Bertz CT molecular complexity index is 180. The minimum absolute atomic E-state index is 0.118. The Kier molecular flexibility index (Phi) is 7.11. The van der Waals surface area contributed by atoms with Gasteiger partial charge in [0.2, 0.25) is 0 Å². The van der Waals surface area contributed by atoms with Crippen LogP contribution in [0.2, 0.25) is 0 Å². The van der Waals surface area contributed by atoms with E-state index in [4.69, 9.17) is 10.8 Å². The Morgan fingerprint density at radius 1 is 1.64 bits per heavy atom. The predicted molar refractivity (Wildman–Crippen MR) is 58.0 cm³/mol. The summed E-state index contributed by atoms with van der Waals surface area (Å²) in [5, 5.41) is 8.63. The van der Waals surface area contributed by atoms with Crippen LogP contribution >= 0.6 is 0 Å². The van der Waals surface area contributed by atoms with E-state index in [9.17, 15) is 4.79 Å². The topological polar surface area (TPSA) is 63.3 Å². The second kappa shape index (κ2) is 7.56. The summed E-state index contributed by atoms with van der Waals surface area (Å²) in [7, 11) is 0. The summed E-state index contributed by atoms with van der Waals surface area (Å²) >= 11 is 0. The molecule has 3 N–H and O–H groups in total. The van der Waals surface area contributed by atoms with Gasteiger partial charge in [0.15, 0.2) is 0 Å². The second-order valence-electron chi connectivity index (χ2n) is 3.91. The fourth-order valence-corrected chi connectivity index (χ4v) is 1.60. The number of nitrogens with two attached hydrogens (primary N) is 1. The van der Waals surface area contributed by atoms with Crippen molar-refractivity contribution in [3.63, 3.8) is 0 Å². The molecule has 0 aliphatic carbocycles. The molecule has 0 saturated carbocycles. The summed E-state index contributed by atoms with van der Waals surface area (Å²) in [6.07, 6.45) is 5.04. The summed E-state index contributed by atoms with van der Waals surface area (Å²) < 4.78 is 0. The zero-order chi connectivity index (χ0) is 11.0. The fraction of sp³-hybridized carbons (Fsp3) is 0.727. The third-order valence-electron chi connectivity index (χ3n) is 2.40. The van der Waals surface area contributed by atoms with Crippen LogP contribution in [0.15, 0.2) is 12.7 Å². The maximum Gasteiger partial charge on any atom is 0.303 e. The van der Waals surface area contributed by atoms with Crippen molar-refractivity contribution in [1.82, 2.24) is 0 Å². The summed E-state index contributed by atoms with van der Waals surface area (Å²) in [5.74, 6) is -0.107. The van der Waals surface area contributed by atoms with Crippen LogP contribution in [-0.2, 0) is 4.79 Å². The normalized spacial score (nSPS) is 14.7. The molecular weight excluding hydrogens is 178 g/mol. The predicted octanol–water partition coefficient (Wildman–Crippen LogP) is 2.03. The monoisotopic (exact) mass is 199 g/mol. The number of aliphatic carboxylic acids is 1. The second-order valence-corrected chi connectivity index (χ2v) is 3.91. The van der Waals surface area contributed by atoms with Gasteiger partial charge in [-0.3, -0.25) is 4.79 Å². The number of hydrogen-bond acceptors (Lipinski definition) is 2. The van der Waals surface area contributed by atoms with Crippen LogP contribution < -0.4 is 5.73 Å². The van der Waals surface area contributed by atoms with E-state index < -0.39 is 5.97 Å². The number of hydrogen-bond donors (Lipinski definition) is 2. The molecule has 0 heterocycles. The van der Waals surface area contributed by atoms with Crippen molar-refractivity contribution in [3.05, 3.63) is 12.7 Å². The highest BCUT2D eigenvalue weighted by atomic mass is 16.4. The number of carboxylic acid groups (broad SMARTS) is 1. The zero-order valence-electron chi connectivity index (χ0n) is 8.91. The lowest BCUT2D eigenvalue weighted by molar-refractivity contribution is -0.138. The van der Waals surface area contributed by atoms with Gasteiger partial charge in [-0.25, -0.2) is 0 Å². The molecule has 0 aromatic rings. The highest BCUT2D eigenvalue weighted by Crippen LogP contribution is 2.18. The smallest absolute Gasteiger partial charge is 0.303 e. The van der Waals surface area contributed by atoms with E-state index in [1.807, 2.05) is 6.08 Å². The van der Waals surface area contributed by atoms with Gasteiger partial charge in [0.25, 0.3) is 0 Å². The molecule has 0 aliphatic heterocycles. The molecule has 14 heavy (non-hydrogen) atoms. The molecule has 0 unspecified atom stereocenters. The van der Waals surface area contributed by atoms with Crippen LogP contribution in [-0.4, -0.2) is 17.6 Å². The standard InChI is InChI=1S/C11H21NO2/c1-3-4-5-9(2)6-10(8-12)7-11(13)14/h3,9-10H,1,4-8,12H2,2H3,(H,13,14)/t9-,10+/m1/s1. The summed E-state index contributed by atoms with van der Waals surface area (Å²) in [6, 6.07) is 0. The maximum atomic E-state index is 10.5. The molecule has 3 nitrogen and oxygen atoms in total. The summed E-state index contributed by atoms with van der Waals surface area (Å²) in [4.78, 5) is 10.5. The van der Waals surface area contributed by atoms with Crippen molar-refractivity contribution in [2.75, 3.05) is 6.54 Å². The van der Waals surface area contributed by atoms with Crippen LogP contribution in [0.3, 0.4) is 0 Å². The summed E-state index contributed by atoms with van der Waals surface area (Å²) in [6.45, 7) is 6.26. The molecule has 0 saturated heterocycles. The van der Waals surface area contributed by atoms with Gasteiger partial charge in [0.1, 0.15) is 0 Å². The average molecular weight is 199 g/mol. The molecule has 0 radical (unpaired) electrons. The number of rotatable bonds is 8. The summed E-state index contributed by atoms with van der Waals surface area (Å²) in [5.41, 5.74) is 5.51. The maximum absolute atomic E-state index is 10.5. The van der Waals surface area contributed by atoms with E-state index >= 15 is 0 Å². The van der Waals surface area contributed by atoms with Crippen molar-refractivity contribution in [2.45, 2.75) is 32.6 Å². The lowest BCUT2D eigenvalue weighted by Gasteiger charge is -2.17. The minimum Gasteiger partial charge on any atom is -0.481 e. The quantitative estimate of drug-likeness (QED) is 0.588. The molecule has 3 heteroatoms. The molecule has 0 spiro atoms. The highest BCUT2D eigenvalue weighted by molar-refractivity contribution is 5.67. The number of carboxylic acids is 1. The van der Waals surface area contributed by atoms with Crippen LogP contribution in [0.1, 0.15) is 32.6 Å². The first-order valence-electron chi connectivity index (χ1n) is 5.12. The molecule has 0 fully saturated rings. The molecule has 0 aliphatic rings. The largest absolute Gasteiger partial charge is 0.481 e. The highest BCUT2D eigenvalue weighted by Gasteiger charge is 2.14. The molecule has 0 amide bonds. The first-order chi connectivity index (χ1) is 6.60. The van der Waals surface area contributed by atoms with Gasteiger partial charge in [-0.2, -0.15) is 0 Å². The molecule has 0 rings (SSSR count). The Labute approximate surface area is 86.0 Å². The van der Waals surface area contributed by atoms with Crippen LogP contribution in [0.4, 0.5) is 0 Å². The average Bonchev–Trinajstić information content (AvgIpc) is 2.12. The molecule has 82 valence electrons. The van der Waals surface area contributed by atoms with Crippen molar-refractivity contribution in [3.8, 4) is 0 Å². The van der Waals surface area contributed by atoms with E-state index in [1.54, 1.807) is 0 Å². The first kappa shape index (κ1) is 13.2. The molecular formula is C11H21NO2. The lowest BCUT2D eigenvalue weighted by Crippen LogP contribution is -2.20. The van der Waals surface area contributed by atoms with Gasteiger partial charge >= 0.3 is 5.97 Å². The van der Waals surface area contributed by atoms with Gasteiger partial charge in [0.05, 0.1) is 0 Å². The Morgan fingerprint density at radius 2 is 2.29 bits per heavy atom. The third-order valence-corrected chi connectivity index (χ3v) is 2.40. The lowest BCUT2D eigenvalue weighted by atomic mass is 9.90. The van der Waals surface area contributed by atoms with Crippen LogP contribution in [0, 0.1) is 11.8 Å². The van der Waals surface area contributed by atoms with Crippen molar-refractivity contribution >= 4 is 5.97 Å². The van der Waals surface area contributed by atoms with E-state index in [2.05, 4.69) is 13.5 Å². The molecule has 0 bridgehead atoms. The zero-order valence-corrected chi connectivity index (χ0v) is 8.91. The van der Waals surface area contributed by atoms with Gasteiger partial charge in [-0.1, -0.05) is 13.0 Å². The van der Waals surface area contributed by atoms with E-state index in [1.165, 1.54) is 0 Å². The molecule has 2 atom stereocenters. The third kappa shape index (κ3) is 6.66. The van der Waals surface area contributed by atoms with Gasteiger partial charge < -0.3 is 10.8 Å². The Hall–Kier alpha value is -0.830. The fourth-order valence-electron chi connectivity index (χ4n) is 1.60. The van der Waals surface area contributed by atoms with Gasteiger partial charge in [-0.15, -0.1) is 6.58 Å². The minimum atomic E-state index is -0.753. The Balaban J connectivity index is 3.78. The first-order valence-corrected chi connectivity index (χ1v) is 5.12. The van der Waals surface area contributed by atoms with Crippen LogP contribution in [0.25, 0.3) is 0 Å². The van der Waals surface area contributed by atoms with Crippen molar-refractivity contribution in [1.29, 1.82) is 0 Å². The number of carbonyl (C=O) groups is 1. The Morgan fingerprint density at radius 3 is 2.71 bits per heavy atom. The van der Waals surface area contributed by atoms with E-state index in [0.717, 1.165) is 19.3 Å². The van der Waals surface area contributed by atoms with Gasteiger partial charge in [-0.05, 0) is 37.6 Å². The van der Waals surface area contributed by atoms with E-state index in [0.29, 0.717) is 12.5 Å².